The fourth-order valence-corrected chi connectivity index (χ4v) is 2.26. The number of carbonyl (C=O) groups is 1. The van der Waals surface area contributed by atoms with Crippen LogP contribution in [0.3, 0.4) is 0 Å². The molecule has 3 heteroatoms. The molecule has 0 aliphatic rings. The Labute approximate surface area is 122 Å². The third-order valence-electron chi connectivity index (χ3n) is 3.06. The van der Waals surface area contributed by atoms with Gasteiger partial charge >= 0.3 is 0 Å². The summed E-state index contributed by atoms with van der Waals surface area (Å²) < 4.78 is 0.945. The Balaban J connectivity index is 2.23. The van der Waals surface area contributed by atoms with E-state index < -0.39 is 0 Å². The first-order valence-electron chi connectivity index (χ1n) is 6.12. The minimum atomic E-state index is -0.0901. The summed E-state index contributed by atoms with van der Waals surface area (Å²) in [6.45, 7) is 6.03. The molecule has 0 bridgehead atoms. The van der Waals surface area contributed by atoms with Gasteiger partial charge < -0.3 is 5.32 Å². The third-order valence-corrected chi connectivity index (χ3v) is 3.92. The van der Waals surface area contributed by atoms with E-state index in [0.29, 0.717) is 5.56 Å². The van der Waals surface area contributed by atoms with Gasteiger partial charge in [0.1, 0.15) is 0 Å². The summed E-state index contributed by atoms with van der Waals surface area (Å²) in [5.74, 6) is -0.0901. The summed E-state index contributed by atoms with van der Waals surface area (Å²) in [6.07, 6.45) is 0. The van der Waals surface area contributed by atoms with Crippen molar-refractivity contribution in [2.75, 3.05) is 5.32 Å². The van der Waals surface area contributed by atoms with Crippen molar-refractivity contribution in [1.82, 2.24) is 0 Å². The van der Waals surface area contributed by atoms with Gasteiger partial charge in [-0.15, -0.1) is 0 Å². The molecule has 0 atom stereocenters. The Hall–Kier alpha value is -1.61. The monoisotopic (exact) mass is 317 g/mol. The second-order valence-corrected chi connectivity index (χ2v) is 5.59. The Kier molecular flexibility index (Phi) is 4.05. The largest absolute Gasteiger partial charge is 0.322 e. The lowest BCUT2D eigenvalue weighted by molar-refractivity contribution is 0.102. The fourth-order valence-electron chi connectivity index (χ4n) is 1.88. The highest BCUT2D eigenvalue weighted by Crippen LogP contribution is 2.20. The van der Waals surface area contributed by atoms with Crippen LogP contribution in [0.4, 0.5) is 5.69 Å². The highest BCUT2D eigenvalue weighted by atomic mass is 79.9. The normalized spacial score (nSPS) is 10.3. The number of hydrogen-bond acceptors (Lipinski definition) is 1. The van der Waals surface area contributed by atoms with E-state index >= 15 is 0 Å². The standard InChI is InChI=1S/C16H16BrNO/c1-10-4-7-15(12(3)8-10)18-16(19)13-6-5-11(2)14(17)9-13/h4-9H,1-3H3,(H,18,19). The predicted octanol–water partition coefficient (Wildman–Crippen LogP) is 4.63. The molecule has 0 fully saturated rings. The molecule has 2 aromatic rings. The zero-order valence-electron chi connectivity index (χ0n) is 11.3. The lowest BCUT2D eigenvalue weighted by atomic mass is 10.1. The van der Waals surface area contributed by atoms with Gasteiger partial charge in [0, 0.05) is 15.7 Å². The van der Waals surface area contributed by atoms with Gasteiger partial charge in [-0.05, 0) is 50.1 Å². The van der Waals surface area contributed by atoms with Crippen LogP contribution in [-0.2, 0) is 0 Å². The quantitative estimate of drug-likeness (QED) is 0.859. The number of nitrogens with one attached hydrogen (secondary N) is 1. The summed E-state index contributed by atoms with van der Waals surface area (Å²) in [7, 11) is 0. The van der Waals surface area contributed by atoms with Crippen molar-refractivity contribution in [1.29, 1.82) is 0 Å². The van der Waals surface area contributed by atoms with E-state index in [4.69, 9.17) is 0 Å². The molecule has 0 aliphatic heterocycles. The van der Waals surface area contributed by atoms with E-state index in [1.165, 1.54) is 5.56 Å². The van der Waals surface area contributed by atoms with Crippen LogP contribution in [0.2, 0.25) is 0 Å². The predicted molar refractivity (Wildman–Crippen MR) is 82.7 cm³/mol. The van der Waals surface area contributed by atoms with Gasteiger partial charge in [0.15, 0.2) is 0 Å². The molecule has 2 aromatic carbocycles. The van der Waals surface area contributed by atoms with Crippen molar-refractivity contribution < 1.29 is 4.79 Å². The van der Waals surface area contributed by atoms with Gasteiger partial charge in [0.25, 0.3) is 5.91 Å². The molecule has 0 spiro atoms. The number of hydrogen-bond donors (Lipinski definition) is 1. The SMILES string of the molecule is Cc1ccc(NC(=O)c2ccc(C)c(Br)c2)c(C)c1. The lowest BCUT2D eigenvalue weighted by Gasteiger charge is -2.10. The van der Waals surface area contributed by atoms with Crippen LogP contribution >= 0.6 is 15.9 Å². The molecule has 0 radical (unpaired) electrons. The van der Waals surface area contributed by atoms with Gasteiger partial charge in [0.05, 0.1) is 0 Å². The van der Waals surface area contributed by atoms with Crippen molar-refractivity contribution in [2.24, 2.45) is 0 Å². The number of carbonyl (C=O) groups excluding carboxylic acids is 1. The molecule has 2 rings (SSSR count). The molecular formula is C16H16BrNO. The molecule has 1 N–H and O–H groups in total. The molecule has 0 unspecified atom stereocenters. The molecule has 0 saturated heterocycles. The van der Waals surface area contributed by atoms with Crippen molar-refractivity contribution in [2.45, 2.75) is 20.8 Å². The van der Waals surface area contributed by atoms with Crippen LogP contribution in [0.15, 0.2) is 40.9 Å². The van der Waals surface area contributed by atoms with Crippen molar-refractivity contribution in [3.05, 3.63) is 63.1 Å². The number of amides is 1. The van der Waals surface area contributed by atoms with Crippen LogP contribution < -0.4 is 5.32 Å². The average Bonchev–Trinajstić information content (AvgIpc) is 2.36. The number of halogens is 1. The average molecular weight is 318 g/mol. The lowest BCUT2D eigenvalue weighted by Crippen LogP contribution is -2.12. The smallest absolute Gasteiger partial charge is 0.255 e. The molecule has 19 heavy (non-hydrogen) atoms. The highest BCUT2D eigenvalue weighted by Gasteiger charge is 2.09. The van der Waals surface area contributed by atoms with Crippen LogP contribution in [0, 0.1) is 20.8 Å². The van der Waals surface area contributed by atoms with Crippen LogP contribution in [0.1, 0.15) is 27.0 Å². The molecule has 1 amide bonds. The number of anilines is 1. The Bertz CT molecular complexity index is 635. The summed E-state index contributed by atoms with van der Waals surface area (Å²) in [6, 6.07) is 11.6. The van der Waals surface area contributed by atoms with E-state index in [1.807, 2.05) is 51.1 Å². The maximum atomic E-state index is 12.2. The maximum absolute atomic E-state index is 12.2. The second kappa shape index (κ2) is 5.57. The molecule has 2 nitrogen and oxygen atoms in total. The summed E-state index contributed by atoms with van der Waals surface area (Å²) >= 11 is 3.44. The molecular weight excluding hydrogens is 302 g/mol. The van der Waals surface area contributed by atoms with E-state index in [1.54, 1.807) is 0 Å². The first kappa shape index (κ1) is 13.8. The summed E-state index contributed by atoms with van der Waals surface area (Å²) in [4.78, 5) is 12.2. The van der Waals surface area contributed by atoms with Gasteiger partial charge in [-0.2, -0.15) is 0 Å². The van der Waals surface area contributed by atoms with Crippen LogP contribution in [-0.4, -0.2) is 5.91 Å². The first-order valence-corrected chi connectivity index (χ1v) is 6.91. The third kappa shape index (κ3) is 3.24. The minimum Gasteiger partial charge on any atom is -0.322 e. The Morgan fingerprint density at radius 3 is 2.37 bits per heavy atom. The number of rotatable bonds is 2. The fraction of sp³-hybridized carbons (Fsp3) is 0.188. The van der Waals surface area contributed by atoms with Gasteiger partial charge in [-0.25, -0.2) is 0 Å². The Morgan fingerprint density at radius 1 is 1.00 bits per heavy atom. The number of aryl methyl sites for hydroxylation is 3. The maximum Gasteiger partial charge on any atom is 0.255 e. The van der Waals surface area contributed by atoms with Crippen molar-refractivity contribution in [3.63, 3.8) is 0 Å². The van der Waals surface area contributed by atoms with Gasteiger partial charge in [-0.3, -0.25) is 4.79 Å². The minimum absolute atomic E-state index is 0.0901. The van der Waals surface area contributed by atoms with Crippen molar-refractivity contribution >= 4 is 27.5 Å². The molecule has 0 aliphatic carbocycles. The highest BCUT2D eigenvalue weighted by molar-refractivity contribution is 9.10. The molecule has 0 saturated carbocycles. The zero-order valence-corrected chi connectivity index (χ0v) is 12.8. The first-order chi connectivity index (χ1) is 8.97. The summed E-state index contributed by atoms with van der Waals surface area (Å²) in [5.41, 5.74) is 4.88. The van der Waals surface area contributed by atoms with Gasteiger partial charge in [-0.1, -0.05) is 39.7 Å². The van der Waals surface area contributed by atoms with E-state index in [2.05, 4.69) is 27.3 Å². The second-order valence-electron chi connectivity index (χ2n) is 4.74. The topological polar surface area (TPSA) is 29.1 Å². The number of benzene rings is 2. The van der Waals surface area contributed by atoms with Gasteiger partial charge in [0.2, 0.25) is 0 Å². The Morgan fingerprint density at radius 2 is 1.74 bits per heavy atom. The zero-order chi connectivity index (χ0) is 14.0. The molecule has 98 valence electrons. The molecule has 0 heterocycles. The van der Waals surface area contributed by atoms with E-state index in [-0.39, 0.29) is 5.91 Å². The van der Waals surface area contributed by atoms with E-state index in [0.717, 1.165) is 21.3 Å². The van der Waals surface area contributed by atoms with Crippen LogP contribution in [0.25, 0.3) is 0 Å². The van der Waals surface area contributed by atoms with E-state index in [9.17, 15) is 4.79 Å². The van der Waals surface area contributed by atoms with Crippen molar-refractivity contribution in [3.8, 4) is 0 Å². The van der Waals surface area contributed by atoms with Crippen LogP contribution in [0.5, 0.6) is 0 Å². The summed E-state index contributed by atoms with van der Waals surface area (Å²) in [5, 5.41) is 2.94. The molecule has 0 aromatic heterocycles.